The molecule has 126 valence electrons. The molecule has 0 aliphatic carbocycles. The van der Waals surface area contributed by atoms with Gasteiger partial charge >= 0.3 is 0 Å². The summed E-state index contributed by atoms with van der Waals surface area (Å²) in [5, 5.41) is 14.2. The Kier molecular flexibility index (Phi) is 5.25. The lowest BCUT2D eigenvalue weighted by molar-refractivity contribution is -0.384. The van der Waals surface area contributed by atoms with Crippen molar-refractivity contribution in [3.05, 3.63) is 57.1 Å². The molecule has 0 spiro atoms. The average Bonchev–Trinajstić information content (AvgIpc) is 2.54. The van der Waals surface area contributed by atoms with Gasteiger partial charge < -0.3 is 15.0 Å². The number of nitro benzene ring substituents is 1. The molecule has 2 aromatic rings. The van der Waals surface area contributed by atoms with E-state index < -0.39 is 10.8 Å². The Bertz CT molecular complexity index is 793. The zero-order valence-corrected chi connectivity index (χ0v) is 14.1. The monoisotopic (exact) mass is 349 g/mol. The summed E-state index contributed by atoms with van der Waals surface area (Å²) in [6, 6.07) is 9.11. The highest BCUT2D eigenvalue weighted by Gasteiger charge is 2.19. The average molecular weight is 350 g/mol. The van der Waals surface area contributed by atoms with Gasteiger partial charge in [0.25, 0.3) is 11.6 Å². The van der Waals surface area contributed by atoms with Crippen molar-refractivity contribution in [3.63, 3.8) is 0 Å². The third-order valence-electron chi connectivity index (χ3n) is 3.33. The molecule has 8 heteroatoms. The van der Waals surface area contributed by atoms with Gasteiger partial charge in [-0.25, -0.2) is 0 Å². The number of hydrogen-bond donors (Lipinski definition) is 1. The highest BCUT2D eigenvalue weighted by Crippen LogP contribution is 2.29. The molecule has 24 heavy (non-hydrogen) atoms. The number of carbonyl (C=O) groups is 1. The van der Waals surface area contributed by atoms with Crippen LogP contribution in [0.4, 0.5) is 17.1 Å². The lowest BCUT2D eigenvalue weighted by atomic mass is 10.1. The summed E-state index contributed by atoms with van der Waals surface area (Å²) in [4.78, 5) is 24.6. The van der Waals surface area contributed by atoms with E-state index in [9.17, 15) is 14.9 Å². The molecular weight excluding hydrogens is 334 g/mol. The predicted octanol–water partition coefficient (Wildman–Crippen LogP) is 3.58. The van der Waals surface area contributed by atoms with Crippen molar-refractivity contribution in [2.45, 2.75) is 0 Å². The maximum atomic E-state index is 12.3. The molecule has 7 nitrogen and oxygen atoms in total. The van der Waals surface area contributed by atoms with Crippen molar-refractivity contribution in [3.8, 4) is 5.75 Å². The molecule has 0 aliphatic rings. The van der Waals surface area contributed by atoms with Crippen LogP contribution in [0.2, 0.25) is 5.02 Å². The minimum absolute atomic E-state index is 0.139. The smallest absolute Gasteiger partial charge is 0.293 e. The number of ether oxygens (including phenoxy) is 1. The maximum absolute atomic E-state index is 12.3. The predicted molar refractivity (Wildman–Crippen MR) is 93.4 cm³/mol. The number of rotatable bonds is 5. The van der Waals surface area contributed by atoms with Crippen LogP contribution < -0.4 is 15.0 Å². The minimum atomic E-state index is -0.517. The SMILES string of the molecule is COc1ccc(NC(=O)c2ccc(N(C)C)c([N+](=O)[O-])c2)cc1Cl. The van der Waals surface area contributed by atoms with Gasteiger partial charge in [0.2, 0.25) is 0 Å². The van der Waals surface area contributed by atoms with Gasteiger partial charge in [-0.15, -0.1) is 0 Å². The van der Waals surface area contributed by atoms with Gasteiger partial charge in [-0.1, -0.05) is 11.6 Å². The molecule has 2 aromatic carbocycles. The van der Waals surface area contributed by atoms with Crippen molar-refractivity contribution >= 4 is 34.6 Å². The first-order chi connectivity index (χ1) is 11.3. The van der Waals surface area contributed by atoms with E-state index in [0.717, 1.165) is 0 Å². The van der Waals surface area contributed by atoms with Gasteiger partial charge in [-0.05, 0) is 30.3 Å². The summed E-state index contributed by atoms with van der Waals surface area (Å²) in [5.41, 5.74) is 0.925. The highest BCUT2D eigenvalue weighted by molar-refractivity contribution is 6.32. The fraction of sp³-hybridized carbons (Fsp3) is 0.188. The lowest BCUT2D eigenvalue weighted by Crippen LogP contribution is -2.15. The Balaban J connectivity index is 2.28. The number of anilines is 2. The van der Waals surface area contributed by atoms with Crippen molar-refractivity contribution in [2.24, 2.45) is 0 Å². The van der Waals surface area contributed by atoms with E-state index >= 15 is 0 Å². The minimum Gasteiger partial charge on any atom is -0.495 e. The first-order valence-electron chi connectivity index (χ1n) is 6.94. The van der Waals surface area contributed by atoms with Crippen LogP contribution in [0.25, 0.3) is 0 Å². The molecule has 0 saturated carbocycles. The van der Waals surface area contributed by atoms with Gasteiger partial charge in [-0.3, -0.25) is 14.9 Å². The normalized spacial score (nSPS) is 10.2. The number of hydrogen-bond acceptors (Lipinski definition) is 5. The van der Waals surface area contributed by atoms with Crippen LogP contribution in [0.1, 0.15) is 10.4 Å². The molecule has 0 fully saturated rings. The third-order valence-corrected chi connectivity index (χ3v) is 3.62. The standard InChI is InChI=1S/C16H16ClN3O4/c1-19(2)13-6-4-10(8-14(13)20(22)23)16(21)18-11-5-7-15(24-3)12(17)9-11/h4-9H,1-3H3,(H,18,21). The molecule has 0 radical (unpaired) electrons. The Hall–Kier alpha value is -2.80. The summed E-state index contributed by atoms with van der Waals surface area (Å²) < 4.78 is 5.04. The second-order valence-electron chi connectivity index (χ2n) is 5.16. The molecule has 0 atom stereocenters. The number of benzene rings is 2. The number of halogens is 1. The topological polar surface area (TPSA) is 84.7 Å². The molecular formula is C16H16ClN3O4. The number of carbonyl (C=O) groups excluding carboxylic acids is 1. The first kappa shape index (κ1) is 17.6. The molecule has 0 aliphatic heterocycles. The maximum Gasteiger partial charge on any atom is 0.293 e. The number of amides is 1. The van der Waals surface area contributed by atoms with Gasteiger partial charge in [0.1, 0.15) is 11.4 Å². The largest absolute Gasteiger partial charge is 0.495 e. The number of methoxy groups -OCH3 is 1. The van der Waals surface area contributed by atoms with Crippen LogP contribution in [0.5, 0.6) is 5.75 Å². The van der Waals surface area contributed by atoms with Crippen LogP contribution in [0.3, 0.4) is 0 Å². The second kappa shape index (κ2) is 7.18. The van der Waals surface area contributed by atoms with E-state index in [1.54, 1.807) is 37.2 Å². The van der Waals surface area contributed by atoms with E-state index in [-0.39, 0.29) is 11.3 Å². The molecule has 1 amide bonds. The zero-order valence-electron chi connectivity index (χ0n) is 13.4. The molecule has 0 heterocycles. The van der Waals surface area contributed by atoms with Gasteiger partial charge in [0.15, 0.2) is 0 Å². The van der Waals surface area contributed by atoms with E-state index in [4.69, 9.17) is 16.3 Å². The highest BCUT2D eigenvalue weighted by atomic mass is 35.5. The zero-order chi connectivity index (χ0) is 17.9. The van der Waals surface area contributed by atoms with E-state index in [1.165, 1.54) is 25.3 Å². The van der Waals surface area contributed by atoms with Crippen LogP contribution in [0.15, 0.2) is 36.4 Å². The lowest BCUT2D eigenvalue weighted by Gasteiger charge is -2.13. The quantitative estimate of drug-likeness (QED) is 0.658. The van der Waals surface area contributed by atoms with E-state index in [1.807, 2.05) is 0 Å². The van der Waals surface area contributed by atoms with E-state index in [2.05, 4.69) is 5.32 Å². The Morgan fingerprint density at radius 3 is 2.50 bits per heavy atom. The summed E-state index contributed by atoms with van der Waals surface area (Å²) in [6.45, 7) is 0. The van der Waals surface area contributed by atoms with Crippen LogP contribution in [-0.2, 0) is 0 Å². The molecule has 1 N–H and O–H groups in total. The van der Waals surface area contributed by atoms with Gasteiger partial charge in [0, 0.05) is 31.4 Å². The second-order valence-corrected chi connectivity index (χ2v) is 5.57. The van der Waals surface area contributed by atoms with Crippen molar-refractivity contribution in [1.29, 1.82) is 0 Å². The number of nitrogens with one attached hydrogen (secondary N) is 1. The molecule has 0 bridgehead atoms. The summed E-state index contributed by atoms with van der Waals surface area (Å²) in [5.74, 6) is 0.0188. The third kappa shape index (κ3) is 3.75. The first-order valence-corrected chi connectivity index (χ1v) is 7.32. The molecule has 0 saturated heterocycles. The molecule has 2 rings (SSSR count). The Morgan fingerprint density at radius 2 is 1.96 bits per heavy atom. The Labute approximate surface area is 143 Å². The summed E-state index contributed by atoms with van der Waals surface area (Å²) >= 11 is 6.01. The number of nitrogens with zero attached hydrogens (tertiary/aromatic N) is 2. The fourth-order valence-electron chi connectivity index (χ4n) is 2.14. The van der Waals surface area contributed by atoms with E-state index in [0.29, 0.717) is 22.1 Å². The Morgan fingerprint density at radius 1 is 1.25 bits per heavy atom. The number of nitro groups is 1. The van der Waals surface area contributed by atoms with Crippen molar-refractivity contribution < 1.29 is 14.5 Å². The molecule has 0 unspecified atom stereocenters. The van der Waals surface area contributed by atoms with Crippen LogP contribution in [0, 0.1) is 10.1 Å². The van der Waals surface area contributed by atoms with Crippen molar-refractivity contribution in [2.75, 3.05) is 31.4 Å². The summed E-state index contributed by atoms with van der Waals surface area (Å²) in [7, 11) is 4.88. The van der Waals surface area contributed by atoms with Gasteiger partial charge in [-0.2, -0.15) is 0 Å². The van der Waals surface area contributed by atoms with Gasteiger partial charge in [0.05, 0.1) is 17.1 Å². The fourth-order valence-corrected chi connectivity index (χ4v) is 2.39. The van der Waals surface area contributed by atoms with Crippen LogP contribution >= 0.6 is 11.6 Å². The van der Waals surface area contributed by atoms with Crippen LogP contribution in [-0.4, -0.2) is 32.0 Å². The molecule has 0 aromatic heterocycles. The summed E-state index contributed by atoms with van der Waals surface area (Å²) in [6.07, 6.45) is 0. The van der Waals surface area contributed by atoms with Crippen molar-refractivity contribution in [1.82, 2.24) is 0 Å².